The van der Waals surface area contributed by atoms with Crippen LogP contribution < -0.4 is 5.32 Å². The number of nitrogens with zero attached hydrogens (tertiary/aromatic N) is 2. The van der Waals surface area contributed by atoms with Crippen molar-refractivity contribution in [3.05, 3.63) is 22.4 Å². The van der Waals surface area contributed by atoms with E-state index in [2.05, 4.69) is 10.2 Å². The van der Waals surface area contributed by atoms with E-state index in [1.165, 1.54) is 0 Å². The number of alkyl halides is 3. The van der Waals surface area contributed by atoms with E-state index in [1.807, 2.05) is 30.7 Å². The van der Waals surface area contributed by atoms with Gasteiger partial charge in [-0.25, -0.2) is 0 Å². The lowest BCUT2D eigenvalue weighted by atomic mass is 10.1. The fourth-order valence-electron chi connectivity index (χ4n) is 3.25. The standard InChI is InChI=1S/C17H24F3N3O2S/c1-3-22(4-2)14(12-5-6-26-10-12)8-21-16(25)13-7-15(24)23(9-13)11-17(18,19)20/h5-6,10,13-14H,3-4,7-9,11H2,1-2H3,(H,21,25). The fraction of sp³-hybridized carbons (Fsp3) is 0.647. The van der Waals surface area contributed by atoms with Crippen molar-refractivity contribution in [2.45, 2.75) is 32.5 Å². The molecule has 0 aromatic carbocycles. The van der Waals surface area contributed by atoms with E-state index in [0.717, 1.165) is 18.7 Å². The summed E-state index contributed by atoms with van der Waals surface area (Å²) in [7, 11) is 0. The summed E-state index contributed by atoms with van der Waals surface area (Å²) in [6.07, 6.45) is -4.62. The van der Waals surface area contributed by atoms with Gasteiger partial charge in [0.1, 0.15) is 6.54 Å². The molecule has 1 fully saturated rings. The Morgan fingerprint density at radius 2 is 2.12 bits per heavy atom. The van der Waals surface area contributed by atoms with Crippen molar-refractivity contribution in [3.8, 4) is 0 Å². The summed E-state index contributed by atoms with van der Waals surface area (Å²) in [5.74, 6) is -1.72. The van der Waals surface area contributed by atoms with Crippen LogP contribution in [0.5, 0.6) is 0 Å². The second kappa shape index (κ2) is 8.85. The zero-order valence-electron chi connectivity index (χ0n) is 14.9. The summed E-state index contributed by atoms with van der Waals surface area (Å²) in [5.41, 5.74) is 1.10. The van der Waals surface area contributed by atoms with Gasteiger partial charge < -0.3 is 10.2 Å². The molecule has 146 valence electrons. The maximum atomic E-state index is 12.5. The summed E-state index contributed by atoms with van der Waals surface area (Å²) in [5, 5.41) is 6.83. The van der Waals surface area contributed by atoms with Gasteiger partial charge in [-0.3, -0.25) is 14.5 Å². The molecule has 26 heavy (non-hydrogen) atoms. The van der Waals surface area contributed by atoms with Gasteiger partial charge in [0.2, 0.25) is 11.8 Å². The summed E-state index contributed by atoms with van der Waals surface area (Å²) in [6, 6.07) is 2.01. The number of amides is 2. The molecule has 1 aliphatic rings. The molecule has 0 saturated carbocycles. The monoisotopic (exact) mass is 391 g/mol. The van der Waals surface area contributed by atoms with Crippen LogP contribution in [-0.4, -0.2) is 60.5 Å². The molecule has 0 bridgehead atoms. The zero-order chi connectivity index (χ0) is 19.3. The lowest BCUT2D eigenvalue weighted by Crippen LogP contribution is -2.41. The Labute approximate surface area is 155 Å². The van der Waals surface area contributed by atoms with Crippen LogP contribution >= 0.6 is 11.3 Å². The SMILES string of the molecule is CCN(CC)C(CNC(=O)C1CC(=O)N(CC(F)(F)F)C1)c1ccsc1. The molecule has 2 heterocycles. The highest BCUT2D eigenvalue weighted by Gasteiger charge is 2.40. The number of carbonyl (C=O) groups excluding carboxylic acids is 2. The highest BCUT2D eigenvalue weighted by molar-refractivity contribution is 7.07. The van der Waals surface area contributed by atoms with Crippen molar-refractivity contribution in [1.29, 1.82) is 0 Å². The Balaban J connectivity index is 1.95. The van der Waals surface area contributed by atoms with Crippen molar-refractivity contribution in [2.75, 3.05) is 32.7 Å². The van der Waals surface area contributed by atoms with Gasteiger partial charge in [0.15, 0.2) is 0 Å². The molecule has 5 nitrogen and oxygen atoms in total. The lowest BCUT2D eigenvalue weighted by Gasteiger charge is -2.29. The Hall–Kier alpha value is -1.61. The van der Waals surface area contributed by atoms with Crippen molar-refractivity contribution >= 4 is 23.2 Å². The third kappa shape index (κ3) is 5.44. The highest BCUT2D eigenvalue weighted by atomic mass is 32.1. The first-order chi connectivity index (χ1) is 12.2. The van der Waals surface area contributed by atoms with Gasteiger partial charge in [0.05, 0.1) is 12.0 Å². The molecule has 1 N–H and O–H groups in total. The largest absolute Gasteiger partial charge is 0.406 e. The van der Waals surface area contributed by atoms with Gasteiger partial charge in [-0.15, -0.1) is 0 Å². The molecule has 2 atom stereocenters. The minimum Gasteiger partial charge on any atom is -0.354 e. The minimum absolute atomic E-state index is 0.00332. The van der Waals surface area contributed by atoms with Gasteiger partial charge >= 0.3 is 6.18 Å². The molecule has 0 aliphatic carbocycles. The summed E-state index contributed by atoms with van der Waals surface area (Å²) < 4.78 is 37.5. The van der Waals surface area contributed by atoms with Crippen molar-refractivity contribution in [2.24, 2.45) is 5.92 Å². The van der Waals surface area contributed by atoms with E-state index in [1.54, 1.807) is 11.3 Å². The Bertz CT molecular complexity index is 603. The third-order valence-electron chi connectivity index (χ3n) is 4.61. The number of halogens is 3. The van der Waals surface area contributed by atoms with Gasteiger partial charge in [0.25, 0.3) is 0 Å². The van der Waals surface area contributed by atoms with E-state index in [4.69, 9.17) is 0 Å². The predicted octanol–water partition coefficient (Wildman–Crippen LogP) is 2.66. The fourth-order valence-corrected chi connectivity index (χ4v) is 3.95. The van der Waals surface area contributed by atoms with Crippen LogP contribution in [-0.2, 0) is 9.59 Å². The average molecular weight is 391 g/mol. The molecule has 2 amide bonds. The molecule has 9 heteroatoms. The van der Waals surface area contributed by atoms with E-state index < -0.39 is 24.5 Å². The van der Waals surface area contributed by atoms with Gasteiger partial charge in [-0.2, -0.15) is 24.5 Å². The Morgan fingerprint density at radius 1 is 1.42 bits per heavy atom. The van der Waals surface area contributed by atoms with Crippen LogP contribution in [0.3, 0.4) is 0 Å². The molecule has 2 rings (SSSR count). The highest BCUT2D eigenvalue weighted by Crippen LogP contribution is 2.25. The second-order valence-electron chi connectivity index (χ2n) is 6.33. The Kier molecular flexibility index (Phi) is 7.05. The van der Waals surface area contributed by atoms with Gasteiger partial charge in [-0.1, -0.05) is 13.8 Å². The molecule has 0 radical (unpaired) electrons. The van der Waals surface area contributed by atoms with E-state index in [-0.39, 0.29) is 24.9 Å². The lowest BCUT2D eigenvalue weighted by molar-refractivity contribution is -0.157. The molecule has 1 aromatic rings. The first kappa shape index (κ1) is 20.7. The summed E-state index contributed by atoms with van der Waals surface area (Å²) in [6.45, 7) is 4.58. The maximum absolute atomic E-state index is 12.5. The smallest absolute Gasteiger partial charge is 0.354 e. The van der Waals surface area contributed by atoms with Crippen LogP contribution in [0.25, 0.3) is 0 Å². The number of rotatable bonds is 8. The number of nitrogens with one attached hydrogen (secondary N) is 1. The number of hydrogen-bond donors (Lipinski definition) is 1. The van der Waals surface area contributed by atoms with Crippen molar-refractivity contribution in [3.63, 3.8) is 0 Å². The topological polar surface area (TPSA) is 52.7 Å². The molecule has 1 saturated heterocycles. The molecular weight excluding hydrogens is 367 g/mol. The number of thiophene rings is 1. The summed E-state index contributed by atoms with van der Waals surface area (Å²) in [4.78, 5) is 27.0. The minimum atomic E-state index is -4.45. The third-order valence-corrected chi connectivity index (χ3v) is 5.31. The predicted molar refractivity (Wildman–Crippen MR) is 93.7 cm³/mol. The number of likely N-dealkylation sites (tertiary alicyclic amines) is 1. The maximum Gasteiger partial charge on any atom is 0.406 e. The summed E-state index contributed by atoms with van der Waals surface area (Å²) >= 11 is 1.57. The average Bonchev–Trinajstić information content (AvgIpc) is 3.20. The van der Waals surface area contributed by atoms with Gasteiger partial charge in [-0.05, 0) is 35.5 Å². The van der Waals surface area contributed by atoms with Crippen LogP contribution in [0, 0.1) is 5.92 Å². The zero-order valence-corrected chi connectivity index (χ0v) is 15.7. The molecule has 1 aromatic heterocycles. The first-order valence-electron chi connectivity index (χ1n) is 8.63. The number of hydrogen-bond acceptors (Lipinski definition) is 4. The van der Waals surface area contributed by atoms with Crippen LogP contribution in [0.15, 0.2) is 16.8 Å². The van der Waals surface area contributed by atoms with Crippen LogP contribution in [0.2, 0.25) is 0 Å². The molecule has 1 aliphatic heterocycles. The van der Waals surface area contributed by atoms with Crippen LogP contribution in [0.1, 0.15) is 31.9 Å². The van der Waals surface area contributed by atoms with Crippen LogP contribution in [0.4, 0.5) is 13.2 Å². The number of likely N-dealkylation sites (N-methyl/N-ethyl adjacent to an activating group) is 1. The Morgan fingerprint density at radius 3 is 2.65 bits per heavy atom. The van der Waals surface area contributed by atoms with E-state index in [0.29, 0.717) is 11.4 Å². The molecule has 2 unspecified atom stereocenters. The quantitative estimate of drug-likeness (QED) is 0.741. The van der Waals surface area contributed by atoms with E-state index in [9.17, 15) is 22.8 Å². The first-order valence-corrected chi connectivity index (χ1v) is 9.57. The van der Waals surface area contributed by atoms with Crippen molar-refractivity contribution < 1.29 is 22.8 Å². The molecule has 0 spiro atoms. The van der Waals surface area contributed by atoms with Gasteiger partial charge in [0, 0.05) is 19.5 Å². The second-order valence-corrected chi connectivity index (χ2v) is 7.11. The van der Waals surface area contributed by atoms with E-state index >= 15 is 0 Å². The molecular formula is C17H24F3N3O2S. The number of carbonyl (C=O) groups is 2. The van der Waals surface area contributed by atoms with Crippen molar-refractivity contribution in [1.82, 2.24) is 15.1 Å². The normalized spacial score (nSPS) is 19.2.